The van der Waals surface area contributed by atoms with E-state index in [-0.39, 0.29) is 16.7 Å². The van der Waals surface area contributed by atoms with E-state index < -0.39 is 16.0 Å². The van der Waals surface area contributed by atoms with E-state index in [0.29, 0.717) is 28.8 Å². The predicted octanol–water partition coefficient (Wildman–Crippen LogP) is 4.45. The highest BCUT2D eigenvalue weighted by Gasteiger charge is 2.24. The lowest BCUT2D eigenvalue weighted by atomic mass is 9.98. The Kier molecular flexibility index (Phi) is 6.85. The maximum atomic E-state index is 12.6. The summed E-state index contributed by atoms with van der Waals surface area (Å²) in [6, 6.07) is 12.5. The van der Waals surface area contributed by atoms with E-state index in [4.69, 9.17) is 16.7 Å². The van der Waals surface area contributed by atoms with Crippen LogP contribution in [-0.2, 0) is 27.7 Å². The van der Waals surface area contributed by atoms with Crippen molar-refractivity contribution >= 4 is 38.5 Å². The van der Waals surface area contributed by atoms with Crippen LogP contribution in [0.3, 0.4) is 0 Å². The summed E-state index contributed by atoms with van der Waals surface area (Å²) in [5, 5.41) is 15.8. The monoisotopic (exact) mass is 448 g/mol. The summed E-state index contributed by atoms with van der Waals surface area (Å²) in [5.41, 5.74) is 2.73. The molecule has 2 aromatic carbocycles. The van der Waals surface area contributed by atoms with Gasteiger partial charge in [0.15, 0.2) is 0 Å². The highest BCUT2D eigenvalue weighted by atomic mass is 35.5. The average molecular weight is 449 g/mol. The van der Waals surface area contributed by atoms with Gasteiger partial charge in [-0.1, -0.05) is 43.3 Å². The first-order valence-corrected chi connectivity index (χ1v) is 11.8. The van der Waals surface area contributed by atoms with Crippen LogP contribution >= 0.6 is 11.6 Å². The summed E-state index contributed by atoms with van der Waals surface area (Å²) in [4.78, 5) is 14.7. The van der Waals surface area contributed by atoms with E-state index >= 15 is 0 Å². The van der Waals surface area contributed by atoms with Gasteiger partial charge in [-0.2, -0.15) is 0 Å². The molecule has 0 spiro atoms. The molecule has 1 unspecified atom stereocenters. The van der Waals surface area contributed by atoms with E-state index in [1.54, 1.807) is 18.2 Å². The lowest BCUT2D eigenvalue weighted by Crippen LogP contribution is -2.16. The van der Waals surface area contributed by atoms with E-state index in [0.717, 1.165) is 30.2 Å². The van der Waals surface area contributed by atoms with Crippen LogP contribution < -0.4 is 5.14 Å². The van der Waals surface area contributed by atoms with Gasteiger partial charge in [-0.3, -0.25) is 4.79 Å². The number of fused-ring (bicyclic) bond motifs is 1. The number of rotatable bonds is 9. The smallest absolute Gasteiger partial charge is 0.307 e. The van der Waals surface area contributed by atoms with Gasteiger partial charge in [-0.15, -0.1) is 11.6 Å². The molecule has 8 heteroatoms. The number of aliphatic carboxylic acids is 1. The molecule has 0 aliphatic carbocycles. The fourth-order valence-corrected chi connectivity index (χ4v) is 4.96. The molecule has 1 aromatic heterocycles. The minimum Gasteiger partial charge on any atom is -0.481 e. The molecule has 1 heterocycles. The van der Waals surface area contributed by atoms with Gasteiger partial charge in [-0.25, -0.2) is 13.6 Å². The Hall–Kier alpha value is -2.35. The van der Waals surface area contributed by atoms with Crippen molar-refractivity contribution in [3.8, 4) is 11.3 Å². The van der Waals surface area contributed by atoms with Crippen molar-refractivity contribution in [2.24, 2.45) is 5.14 Å². The lowest BCUT2D eigenvalue weighted by Gasteiger charge is -2.14. The molecule has 160 valence electrons. The van der Waals surface area contributed by atoms with Crippen molar-refractivity contribution in [1.82, 2.24) is 4.98 Å². The standard InChI is InChI=1S/C22H25ClN2O4S/c1-2-15(23)9-5-7-14-8-6-11-17(22(14)30(24,28)29)21-18(13-20(26)27)16-10-3-4-12-19(16)25-21/h3-4,6,8,10-12,15,25H,2,5,7,9,13H2,1H3,(H,26,27)(H2,24,28,29). The summed E-state index contributed by atoms with van der Waals surface area (Å²) in [5.74, 6) is -0.998. The van der Waals surface area contributed by atoms with Gasteiger partial charge in [0, 0.05) is 21.8 Å². The second-order valence-corrected chi connectivity index (χ2v) is 9.45. The number of nitrogens with one attached hydrogen (secondary N) is 1. The lowest BCUT2D eigenvalue weighted by molar-refractivity contribution is -0.136. The Labute approximate surface area is 181 Å². The molecular weight excluding hydrogens is 424 g/mol. The number of aromatic nitrogens is 1. The van der Waals surface area contributed by atoms with Crippen molar-refractivity contribution in [2.75, 3.05) is 0 Å². The molecule has 0 saturated carbocycles. The van der Waals surface area contributed by atoms with Crippen molar-refractivity contribution < 1.29 is 18.3 Å². The van der Waals surface area contributed by atoms with E-state index in [2.05, 4.69) is 4.98 Å². The van der Waals surface area contributed by atoms with Gasteiger partial charge < -0.3 is 10.1 Å². The second-order valence-electron chi connectivity index (χ2n) is 7.33. The molecular formula is C22H25ClN2O4S. The van der Waals surface area contributed by atoms with E-state index in [1.165, 1.54) is 0 Å². The first-order chi connectivity index (χ1) is 14.2. The van der Waals surface area contributed by atoms with E-state index in [1.807, 2.05) is 31.2 Å². The van der Waals surface area contributed by atoms with Crippen LogP contribution in [-0.4, -0.2) is 29.9 Å². The van der Waals surface area contributed by atoms with Crippen molar-refractivity contribution in [1.29, 1.82) is 0 Å². The maximum absolute atomic E-state index is 12.6. The third kappa shape index (κ3) is 4.86. The summed E-state index contributed by atoms with van der Waals surface area (Å²) >= 11 is 6.20. The molecule has 0 aliphatic heterocycles. The molecule has 0 bridgehead atoms. The molecule has 0 aliphatic rings. The van der Waals surface area contributed by atoms with Crippen LogP contribution in [0.4, 0.5) is 0 Å². The Bertz CT molecular complexity index is 1170. The number of para-hydroxylation sites is 1. The number of primary sulfonamides is 1. The first kappa shape index (κ1) is 22.3. The highest BCUT2D eigenvalue weighted by molar-refractivity contribution is 7.89. The van der Waals surface area contributed by atoms with Crippen molar-refractivity contribution in [3.63, 3.8) is 0 Å². The van der Waals surface area contributed by atoms with Gasteiger partial charge in [-0.05, 0) is 42.9 Å². The third-order valence-corrected chi connectivity index (χ3v) is 6.78. The molecule has 30 heavy (non-hydrogen) atoms. The molecule has 4 N–H and O–H groups in total. The number of aromatic amines is 1. The van der Waals surface area contributed by atoms with Gasteiger partial charge >= 0.3 is 5.97 Å². The van der Waals surface area contributed by atoms with Gasteiger partial charge in [0.25, 0.3) is 0 Å². The van der Waals surface area contributed by atoms with Gasteiger partial charge in [0.05, 0.1) is 17.0 Å². The number of carboxylic acid groups (broad SMARTS) is 1. The molecule has 0 fully saturated rings. The van der Waals surface area contributed by atoms with Crippen molar-refractivity contribution in [2.45, 2.75) is 49.3 Å². The van der Waals surface area contributed by atoms with Crippen LogP contribution in [0.1, 0.15) is 37.3 Å². The number of halogens is 1. The Morgan fingerprint density at radius 2 is 1.93 bits per heavy atom. The number of nitrogens with two attached hydrogens (primary N) is 1. The predicted molar refractivity (Wildman–Crippen MR) is 119 cm³/mol. The Morgan fingerprint density at radius 3 is 2.60 bits per heavy atom. The summed E-state index contributed by atoms with van der Waals surface area (Å²) in [6.45, 7) is 2.01. The summed E-state index contributed by atoms with van der Waals surface area (Å²) in [6.07, 6.45) is 2.61. The molecule has 0 amide bonds. The van der Waals surface area contributed by atoms with E-state index in [9.17, 15) is 18.3 Å². The van der Waals surface area contributed by atoms with Gasteiger partial charge in [0.1, 0.15) is 0 Å². The second kappa shape index (κ2) is 9.20. The highest BCUT2D eigenvalue weighted by Crippen LogP contribution is 2.36. The number of carbonyl (C=O) groups is 1. The zero-order chi connectivity index (χ0) is 21.9. The number of carboxylic acids is 1. The molecule has 0 radical (unpaired) electrons. The number of hydrogen-bond acceptors (Lipinski definition) is 3. The zero-order valence-corrected chi connectivity index (χ0v) is 18.3. The van der Waals surface area contributed by atoms with Crippen LogP contribution in [0.5, 0.6) is 0 Å². The topological polar surface area (TPSA) is 113 Å². The quantitative estimate of drug-likeness (QED) is 0.419. The van der Waals surface area contributed by atoms with Gasteiger partial charge in [0.2, 0.25) is 10.0 Å². The molecule has 6 nitrogen and oxygen atoms in total. The zero-order valence-electron chi connectivity index (χ0n) is 16.7. The minimum absolute atomic E-state index is 0.0332. The molecule has 3 rings (SSSR count). The number of aryl methyl sites for hydroxylation is 1. The Morgan fingerprint density at radius 1 is 1.20 bits per heavy atom. The van der Waals surface area contributed by atoms with Crippen molar-refractivity contribution in [3.05, 3.63) is 53.6 Å². The van der Waals surface area contributed by atoms with Crippen LogP contribution in [0.25, 0.3) is 22.2 Å². The molecule has 1 atom stereocenters. The number of benzene rings is 2. The minimum atomic E-state index is -4.05. The Balaban J connectivity index is 2.17. The number of H-pyrrole nitrogens is 1. The molecule has 3 aromatic rings. The summed E-state index contributed by atoms with van der Waals surface area (Å²) in [7, 11) is -4.05. The number of sulfonamides is 1. The van der Waals surface area contributed by atoms with Crippen LogP contribution in [0, 0.1) is 0 Å². The normalized spacial score (nSPS) is 12.9. The fraction of sp³-hybridized carbons (Fsp3) is 0.318. The largest absolute Gasteiger partial charge is 0.481 e. The maximum Gasteiger partial charge on any atom is 0.307 e. The SMILES string of the molecule is CCC(Cl)CCCc1cccc(-c2[nH]c3ccccc3c2CC(=O)O)c1S(N)(=O)=O. The fourth-order valence-electron chi connectivity index (χ4n) is 3.80. The third-order valence-electron chi connectivity index (χ3n) is 5.20. The number of alkyl halides is 1. The average Bonchev–Trinajstić information content (AvgIpc) is 3.04. The molecule has 0 saturated heterocycles. The number of hydrogen-bond donors (Lipinski definition) is 3. The first-order valence-electron chi connectivity index (χ1n) is 9.82. The van der Waals surface area contributed by atoms with Crippen LogP contribution in [0.2, 0.25) is 0 Å². The van der Waals surface area contributed by atoms with Crippen LogP contribution in [0.15, 0.2) is 47.4 Å². The summed E-state index contributed by atoms with van der Waals surface area (Å²) < 4.78 is 25.1.